The van der Waals surface area contributed by atoms with Crippen LogP contribution in [0.15, 0.2) is 30.5 Å². The lowest BCUT2D eigenvalue weighted by Gasteiger charge is -2.24. The number of aryl methyl sites for hydroxylation is 1. The molecule has 1 aliphatic rings. The average Bonchev–Trinajstić information content (AvgIpc) is 2.93. The van der Waals surface area contributed by atoms with E-state index < -0.39 is 0 Å². The summed E-state index contributed by atoms with van der Waals surface area (Å²) >= 11 is 0. The van der Waals surface area contributed by atoms with Crippen LogP contribution in [0.1, 0.15) is 36.1 Å². The number of aromatic nitrogens is 2. The van der Waals surface area contributed by atoms with Crippen molar-refractivity contribution in [1.29, 1.82) is 0 Å². The van der Waals surface area contributed by atoms with Crippen LogP contribution < -0.4 is 5.32 Å². The molecule has 0 fully saturated rings. The highest BCUT2D eigenvalue weighted by Gasteiger charge is 2.20. The Hall–Kier alpha value is -1.68. The summed E-state index contributed by atoms with van der Waals surface area (Å²) in [6, 6.07) is 7.31. The van der Waals surface area contributed by atoms with Crippen molar-refractivity contribution in [3.05, 3.63) is 53.1 Å². The van der Waals surface area contributed by atoms with Gasteiger partial charge in [0, 0.05) is 24.7 Å². The Morgan fingerprint density at radius 1 is 1.40 bits per heavy atom. The Morgan fingerprint density at radius 3 is 3.00 bits per heavy atom. The number of hydrogen-bond donors (Lipinski definition) is 2. The zero-order valence-corrected chi connectivity index (χ0v) is 11.7. The van der Waals surface area contributed by atoms with Gasteiger partial charge in [0.2, 0.25) is 0 Å². The zero-order valence-electron chi connectivity index (χ0n) is 11.7. The quantitative estimate of drug-likeness (QED) is 0.899. The van der Waals surface area contributed by atoms with E-state index in [1.54, 1.807) is 0 Å². The number of rotatable bonds is 4. The molecule has 0 spiro atoms. The van der Waals surface area contributed by atoms with Crippen LogP contribution in [0.25, 0.3) is 0 Å². The van der Waals surface area contributed by atoms with Crippen LogP contribution in [0, 0.1) is 5.82 Å². The van der Waals surface area contributed by atoms with Gasteiger partial charge in [-0.15, -0.1) is 0 Å². The van der Waals surface area contributed by atoms with Gasteiger partial charge >= 0.3 is 0 Å². The summed E-state index contributed by atoms with van der Waals surface area (Å²) in [6.07, 6.45) is 5.20. The third-order valence-corrected chi connectivity index (χ3v) is 4.17. The van der Waals surface area contributed by atoms with Gasteiger partial charge in [0.25, 0.3) is 0 Å². The van der Waals surface area contributed by atoms with E-state index in [0.29, 0.717) is 12.0 Å². The third kappa shape index (κ3) is 2.90. The Labute approximate surface area is 118 Å². The highest BCUT2D eigenvalue weighted by molar-refractivity contribution is 5.22. The molecular formula is C16H20FN3. The van der Waals surface area contributed by atoms with Gasteiger partial charge in [0.1, 0.15) is 5.82 Å². The van der Waals surface area contributed by atoms with Gasteiger partial charge in [-0.1, -0.05) is 19.1 Å². The fourth-order valence-electron chi connectivity index (χ4n) is 2.84. The number of fused-ring (bicyclic) bond motifs is 1. The molecule has 1 aromatic carbocycles. The van der Waals surface area contributed by atoms with Crippen LogP contribution in [0.2, 0.25) is 0 Å². The lowest BCUT2D eigenvalue weighted by Crippen LogP contribution is -2.36. The Kier molecular flexibility index (Phi) is 3.83. The second kappa shape index (κ2) is 5.75. The fourth-order valence-corrected chi connectivity index (χ4v) is 2.84. The molecule has 3 rings (SSSR count). The van der Waals surface area contributed by atoms with E-state index in [2.05, 4.69) is 22.4 Å². The van der Waals surface area contributed by atoms with Crippen molar-refractivity contribution in [3.63, 3.8) is 0 Å². The van der Waals surface area contributed by atoms with Crippen LogP contribution in [0.5, 0.6) is 0 Å². The lowest BCUT2D eigenvalue weighted by molar-refractivity contribution is 0.441. The highest BCUT2D eigenvalue weighted by atomic mass is 19.1. The number of benzene rings is 1. The molecule has 0 radical (unpaired) electrons. The smallest absolute Gasteiger partial charge is 0.123 e. The largest absolute Gasteiger partial charge is 0.313 e. The first-order chi connectivity index (χ1) is 9.72. The van der Waals surface area contributed by atoms with Crippen molar-refractivity contribution in [2.75, 3.05) is 6.54 Å². The molecular weight excluding hydrogens is 253 g/mol. The molecule has 2 aromatic rings. The van der Waals surface area contributed by atoms with E-state index in [1.807, 2.05) is 18.3 Å². The number of nitrogens with one attached hydrogen (secondary N) is 2. The summed E-state index contributed by atoms with van der Waals surface area (Å²) in [4.78, 5) is 0. The van der Waals surface area contributed by atoms with Crippen molar-refractivity contribution in [2.24, 2.45) is 0 Å². The number of nitrogens with zero attached hydrogens (tertiary/aromatic N) is 1. The first-order valence-corrected chi connectivity index (χ1v) is 7.22. The van der Waals surface area contributed by atoms with Gasteiger partial charge in [0.15, 0.2) is 0 Å². The minimum absolute atomic E-state index is 0.173. The standard InChI is InChI=1S/C16H20FN3/c1-11(12-2-5-14(17)6-3-12)9-18-15-7-4-13-10-19-20-16(13)8-15/h2-3,5-6,10-11,15,18H,4,7-9H2,1H3,(H,19,20). The van der Waals surface area contributed by atoms with Crippen molar-refractivity contribution in [3.8, 4) is 0 Å². The molecule has 2 atom stereocenters. The predicted molar refractivity (Wildman–Crippen MR) is 77.2 cm³/mol. The normalized spacial score (nSPS) is 19.6. The number of hydrogen-bond acceptors (Lipinski definition) is 2. The molecule has 1 heterocycles. The van der Waals surface area contributed by atoms with E-state index in [9.17, 15) is 4.39 Å². The summed E-state index contributed by atoms with van der Waals surface area (Å²) in [7, 11) is 0. The topological polar surface area (TPSA) is 40.7 Å². The van der Waals surface area contributed by atoms with E-state index in [-0.39, 0.29) is 5.82 Å². The summed E-state index contributed by atoms with van der Waals surface area (Å²) in [5.41, 5.74) is 3.80. The van der Waals surface area contributed by atoms with Gasteiger partial charge < -0.3 is 5.32 Å². The molecule has 3 nitrogen and oxygen atoms in total. The molecule has 4 heteroatoms. The summed E-state index contributed by atoms with van der Waals surface area (Å²) in [6.45, 7) is 3.09. The molecule has 0 bridgehead atoms. The average molecular weight is 273 g/mol. The summed E-state index contributed by atoms with van der Waals surface area (Å²) < 4.78 is 12.9. The monoisotopic (exact) mass is 273 g/mol. The van der Waals surface area contributed by atoms with E-state index >= 15 is 0 Å². The number of aromatic amines is 1. The number of H-pyrrole nitrogens is 1. The maximum atomic E-state index is 12.9. The molecule has 106 valence electrons. The second-order valence-corrected chi connectivity index (χ2v) is 5.67. The van der Waals surface area contributed by atoms with Gasteiger partial charge in [0.05, 0.1) is 6.20 Å². The van der Waals surface area contributed by atoms with Crippen molar-refractivity contribution in [2.45, 2.75) is 38.1 Å². The minimum atomic E-state index is -0.173. The molecule has 0 saturated carbocycles. The van der Waals surface area contributed by atoms with Gasteiger partial charge in [-0.3, -0.25) is 5.10 Å². The van der Waals surface area contributed by atoms with Crippen LogP contribution >= 0.6 is 0 Å². The second-order valence-electron chi connectivity index (χ2n) is 5.67. The highest BCUT2D eigenvalue weighted by Crippen LogP contribution is 2.20. The molecule has 1 aromatic heterocycles. The van der Waals surface area contributed by atoms with E-state index in [4.69, 9.17) is 0 Å². The third-order valence-electron chi connectivity index (χ3n) is 4.17. The van der Waals surface area contributed by atoms with Crippen LogP contribution in [-0.4, -0.2) is 22.8 Å². The maximum Gasteiger partial charge on any atom is 0.123 e. The Balaban J connectivity index is 1.54. The van der Waals surface area contributed by atoms with Crippen LogP contribution in [0.3, 0.4) is 0 Å². The minimum Gasteiger partial charge on any atom is -0.313 e. The number of halogens is 1. The Bertz CT molecular complexity index is 561. The molecule has 2 unspecified atom stereocenters. The molecule has 20 heavy (non-hydrogen) atoms. The molecule has 0 aliphatic heterocycles. The van der Waals surface area contributed by atoms with Crippen LogP contribution in [-0.2, 0) is 12.8 Å². The molecule has 0 amide bonds. The summed E-state index contributed by atoms with van der Waals surface area (Å²) in [5, 5.41) is 10.8. The van der Waals surface area contributed by atoms with E-state index in [0.717, 1.165) is 25.8 Å². The maximum absolute atomic E-state index is 12.9. The van der Waals surface area contributed by atoms with Crippen molar-refractivity contribution in [1.82, 2.24) is 15.5 Å². The van der Waals surface area contributed by atoms with Crippen LogP contribution in [0.4, 0.5) is 4.39 Å². The van der Waals surface area contributed by atoms with Gasteiger partial charge in [-0.05, 0) is 42.0 Å². The predicted octanol–water partition coefficient (Wildman–Crippen LogP) is 2.80. The van der Waals surface area contributed by atoms with Gasteiger partial charge in [-0.25, -0.2) is 4.39 Å². The van der Waals surface area contributed by atoms with Crippen molar-refractivity contribution < 1.29 is 4.39 Å². The zero-order chi connectivity index (χ0) is 13.9. The van der Waals surface area contributed by atoms with Crippen molar-refractivity contribution >= 4 is 0 Å². The molecule has 0 saturated heterocycles. The first kappa shape index (κ1) is 13.3. The van der Waals surface area contributed by atoms with E-state index in [1.165, 1.54) is 29.0 Å². The lowest BCUT2D eigenvalue weighted by atomic mass is 9.93. The molecule has 2 N–H and O–H groups in total. The fraction of sp³-hybridized carbons (Fsp3) is 0.438. The Morgan fingerprint density at radius 2 is 2.20 bits per heavy atom. The molecule has 1 aliphatic carbocycles. The SMILES string of the molecule is CC(CNC1CCc2cn[nH]c2C1)c1ccc(F)cc1. The first-order valence-electron chi connectivity index (χ1n) is 7.22. The van der Waals surface area contributed by atoms with Gasteiger partial charge in [-0.2, -0.15) is 5.10 Å². The summed E-state index contributed by atoms with van der Waals surface area (Å²) in [5.74, 6) is 0.215.